The Bertz CT molecular complexity index is 722. The molecule has 1 aliphatic heterocycles. The van der Waals surface area contributed by atoms with Crippen molar-refractivity contribution in [1.82, 2.24) is 15.8 Å². The topological polar surface area (TPSA) is 92.4 Å². The maximum absolute atomic E-state index is 11.6. The molecule has 112 valence electrons. The van der Waals surface area contributed by atoms with Crippen LogP contribution in [0, 0.1) is 0 Å². The van der Waals surface area contributed by atoms with Crippen molar-refractivity contribution >= 4 is 17.9 Å². The van der Waals surface area contributed by atoms with Gasteiger partial charge in [-0.05, 0) is 35.9 Å². The lowest BCUT2D eigenvalue weighted by Crippen LogP contribution is -2.40. The molecule has 7 nitrogen and oxygen atoms in total. The molecule has 3 N–H and O–H groups in total. The molecule has 0 fully saturated rings. The fraction of sp³-hybridized carbons (Fsp3) is 0.0667. The number of carbonyl (C=O) groups excluding carboxylic acids is 2. The number of fused-ring (bicyclic) bond motifs is 1. The lowest BCUT2D eigenvalue weighted by molar-refractivity contribution is -0.117. The van der Waals surface area contributed by atoms with Gasteiger partial charge in [0.1, 0.15) is 5.69 Å². The molecule has 0 atom stereocenters. The Morgan fingerprint density at radius 1 is 1.14 bits per heavy atom. The molecule has 1 aliphatic rings. The second kappa shape index (κ2) is 6.04. The minimum absolute atomic E-state index is 0.202. The first kappa shape index (κ1) is 13.7. The summed E-state index contributed by atoms with van der Waals surface area (Å²) in [5.74, 6) is 0.454. The molecule has 3 rings (SSSR count). The second-order valence-electron chi connectivity index (χ2n) is 4.47. The van der Waals surface area contributed by atoms with Crippen LogP contribution in [0.4, 0.5) is 0 Å². The number of H-pyrrole nitrogens is 1. The number of hydrogen-bond donors (Lipinski definition) is 3. The Morgan fingerprint density at radius 2 is 2.00 bits per heavy atom. The fourth-order valence-electron chi connectivity index (χ4n) is 1.89. The number of hydrazine groups is 1. The highest BCUT2D eigenvalue weighted by Crippen LogP contribution is 2.32. The summed E-state index contributed by atoms with van der Waals surface area (Å²) in [5, 5.41) is 0. The minimum atomic E-state index is -0.447. The van der Waals surface area contributed by atoms with Crippen LogP contribution >= 0.6 is 0 Å². The van der Waals surface area contributed by atoms with E-state index in [9.17, 15) is 9.59 Å². The van der Waals surface area contributed by atoms with Gasteiger partial charge in [0, 0.05) is 12.3 Å². The molecule has 7 heteroatoms. The number of rotatable bonds is 3. The monoisotopic (exact) mass is 299 g/mol. The molecule has 0 aliphatic carbocycles. The van der Waals surface area contributed by atoms with E-state index < -0.39 is 11.8 Å². The van der Waals surface area contributed by atoms with Crippen LogP contribution < -0.4 is 20.3 Å². The van der Waals surface area contributed by atoms with Gasteiger partial charge in [0.15, 0.2) is 11.5 Å². The predicted molar refractivity (Wildman–Crippen MR) is 78.0 cm³/mol. The normalized spacial score (nSPS) is 12.4. The number of aromatic nitrogens is 1. The molecule has 0 unspecified atom stereocenters. The zero-order chi connectivity index (χ0) is 15.4. The van der Waals surface area contributed by atoms with E-state index in [1.165, 1.54) is 6.08 Å². The molecule has 0 radical (unpaired) electrons. The fourth-order valence-corrected chi connectivity index (χ4v) is 1.89. The Balaban J connectivity index is 1.54. The number of aromatic amines is 1. The van der Waals surface area contributed by atoms with E-state index >= 15 is 0 Å². The van der Waals surface area contributed by atoms with Gasteiger partial charge >= 0.3 is 0 Å². The van der Waals surface area contributed by atoms with Gasteiger partial charge in [0.2, 0.25) is 6.79 Å². The molecule has 0 spiro atoms. The number of ether oxygens (including phenoxy) is 2. The van der Waals surface area contributed by atoms with E-state index in [2.05, 4.69) is 15.8 Å². The molecule has 0 saturated heterocycles. The van der Waals surface area contributed by atoms with Gasteiger partial charge in [-0.15, -0.1) is 0 Å². The van der Waals surface area contributed by atoms with E-state index in [0.717, 1.165) is 5.56 Å². The highest BCUT2D eigenvalue weighted by atomic mass is 16.7. The van der Waals surface area contributed by atoms with Gasteiger partial charge < -0.3 is 14.5 Å². The van der Waals surface area contributed by atoms with E-state index in [1.54, 1.807) is 42.6 Å². The van der Waals surface area contributed by atoms with Crippen LogP contribution in [0.2, 0.25) is 0 Å². The summed E-state index contributed by atoms with van der Waals surface area (Å²) in [4.78, 5) is 26.0. The minimum Gasteiger partial charge on any atom is -0.454 e. The number of nitrogens with one attached hydrogen (secondary N) is 3. The number of carbonyl (C=O) groups is 2. The van der Waals surface area contributed by atoms with E-state index in [0.29, 0.717) is 17.2 Å². The van der Waals surface area contributed by atoms with Crippen LogP contribution in [0.5, 0.6) is 11.5 Å². The third-order valence-electron chi connectivity index (χ3n) is 2.97. The van der Waals surface area contributed by atoms with Gasteiger partial charge in [-0.25, -0.2) is 0 Å². The molecule has 1 aromatic heterocycles. The van der Waals surface area contributed by atoms with E-state index in [1.807, 2.05) is 0 Å². The number of hydrogen-bond acceptors (Lipinski definition) is 4. The van der Waals surface area contributed by atoms with E-state index in [-0.39, 0.29) is 6.79 Å². The van der Waals surface area contributed by atoms with Crippen LogP contribution in [0.1, 0.15) is 16.1 Å². The van der Waals surface area contributed by atoms with Gasteiger partial charge in [-0.3, -0.25) is 20.4 Å². The molecule has 22 heavy (non-hydrogen) atoms. The van der Waals surface area contributed by atoms with Gasteiger partial charge in [-0.1, -0.05) is 6.07 Å². The standard InChI is InChI=1S/C15H13N3O4/c19-14(17-18-15(20)11-2-1-7-16-11)6-4-10-3-5-12-13(8-10)22-9-21-12/h1-8,16H,9H2,(H,17,19)(H,18,20)/b6-4+. The Hall–Kier alpha value is -3.22. The van der Waals surface area contributed by atoms with Crippen LogP contribution in [0.25, 0.3) is 6.08 Å². The average Bonchev–Trinajstić information content (AvgIpc) is 3.20. The summed E-state index contributed by atoms with van der Waals surface area (Å²) in [5.41, 5.74) is 5.74. The van der Waals surface area contributed by atoms with Crippen molar-refractivity contribution in [3.8, 4) is 11.5 Å². The van der Waals surface area contributed by atoms with E-state index in [4.69, 9.17) is 9.47 Å². The first-order valence-electron chi connectivity index (χ1n) is 6.54. The van der Waals surface area contributed by atoms with Gasteiger partial charge in [0.05, 0.1) is 0 Å². The van der Waals surface area contributed by atoms with Crippen molar-refractivity contribution in [1.29, 1.82) is 0 Å². The zero-order valence-corrected chi connectivity index (χ0v) is 11.5. The predicted octanol–water partition coefficient (Wildman–Crippen LogP) is 1.22. The third kappa shape index (κ3) is 3.09. The molecule has 0 bridgehead atoms. The first-order chi connectivity index (χ1) is 10.7. The molecule has 2 heterocycles. The highest BCUT2D eigenvalue weighted by Gasteiger charge is 2.12. The van der Waals surface area contributed by atoms with Crippen molar-refractivity contribution in [3.63, 3.8) is 0 Å². The van der Waals surface area contributed by atoms with Crippen molar-refractivity contribution in [2.45, 2.75) is 0 Å². The lowest BCUT2D eigenvalue weighted by Gasteiger charge is -2.03. The van der Waals surface area contributed by atoms with Crippen LogP contribution in [0.15, 0.2) is 42.6 Å². The quantitative estimate of drug-likeness (QED) is 0.587. The SMILES string of the molecule is O=C(/C=C/c1ccc2c(c1)OCO2)NNC(=O)c1ccc[nH]1. The number of amides is 2. The van der Waals surface area contributed by atoms with Gasteiger partial charge in [-0.2, -0.15) is 0 Å². The lowest BCUT2D eigenvalue weighted by atomic mass is 10.2. The Morgan fingerprint density at radius 3 is 2.82 bits per heavy atom. The highest BCUT2D eigenvalue weighted by molar-refractivity contribution is 5.96. The van der Waals surface area contributed by atoms with Crippen LogP contribution in [-0.2, 0) is 4.79 Å². The van der Waals surface area contributed by atoms with Crippen molar-refractivity contribution < 1.29 is 19.1 Å². The second-order valence-corrected chi connectivity index (χ2v) is 4.47. The Kier molecular flexibility index (Phi) is 3.78. The Labute approximate surface area is 125 Å². The summed E-state index contributed by atoms with van der Waals surface area (Å²) in [6, 6.07) is 8.63. The first-order valence-corrected chi connectivity index (χ1v) is 6.54. The van der Waals surface area contributed by atoms with Gasteiger partial charge in [0.25, 0.3) is 11.8 Å². The molecule has 1 aromatic carbocycles. The maximum atomic E-state index is 11.6. The van der Waals surface area contributed by atoms with Crippen molar-refractivity contribution in [2.75, 3.05) is 6.79 Å². The third-order valence-corrected chi connectivity index (χ3v) is 2.97. The smallest absolute Gasteiger partial charge is 0.286 e. The summed E-state index contributed by atoms with van der Waals surface area (Å²) in [6.45, 7) is 0.202. The molecule has 0 saturated carbocycles. The summed E-state index contributed by atoms with van der Waals surface area (Å²) < 4.78 is 10.5. The largest absolute Gasteiger partial charge is 0.454 e. The summed E-state index contributed by atoms with van der Waals surface area (Å²) in [6.07, 6.45) is 4.54. The zero-order valence-electron chi connectivity index (χ0n) is 11.5. The average molecular weight is 299 g/mol. The summed E-state index contributed by atoms with van der Waals surface area (Å²) >= 11 is 0. The molecule has 2 amide bonds. The van der Waals surface area contributed by atoms with Crippen LogP contribution in [0.3, 0.4) is 0 Å². The molecular weight excluding hydrogens is 286 g/mol. The number of benzene rings is 1. The van der Waals surface area contributed by atoms with Crippen molar-refractivity contribution in [3.05, 3.63) is 53.9 Å². The van der Waals surface area contributed by atoms with Crippen molar-refractivity contribution in [2.24, 2.45) is 0 Å². The van der Waals surface area contributed by atoms with Crippen LogP contribution in [-0.4, -0.2) is 23.6 Å². The maximum Gasteiger partial charge on any atom is 0.286 e. The summed E-state index contributed by atoms with van der Waals surface area (Å²) in [7, 11) is 0. The molecular formula is C15H13N3O4. The molecule has 2 aromatic rings.